The Morgan fingerprint density at radius 3 is 2.56 bits per heavy atom. The highest BCUT2D eigenvalue weighted by atomic mass is 32.2. The molecule has 0 saturated heterocycles. The summed E-state index contributed by atoms with van der Waals surface area (Å²) < 4.78 is 13.5. The van der Waals surface area contributed by atoms with Crippen molar-refractivity contribution in [1.29, 1.82) is 0 Å². The number of carbonyl (C=O) groups is 1. The van der Waals surface area contributed by atoms with Crippen LogP contribution in [0.25, 0.3) is 0 Å². The van der Waals surface area contributed by atoms with Gasteiger partial charge in [0.2, 0.25) is 0 Å². The van der Waals surface area contributed by atoms with Crippen molar-refractivity contribution in [3.8, 4) is 0 Å². The molecule has 0 amide bonds. The van der Waals surface area contributed by atoms with Gasteiger partial charge in [-0.3, -0.25) is 0 Å². The van der Waals surface area contributed by atoms with Gasteiger partial charge >= 0.3 is 5.97 Å². The minimum Gasteiger partial charge on any atom is -0.478 e. The number of aliphatic hydroxyl groups is 1. The van der Waals surface area contributed by atoms with E-state index in [2.05, 4.69) is 0 Å². The number of aliphatic hydroxyl groups excluding tert-OH is 1. The van der Waals surface area contributed by atoms with Crippen LogP contribution in [0.5, 0.6) is 0 Å². The third kappa shape index (κ3) is 2.96. The number of carboxylic acids is 1. The molecule has 2 unspecified atom stereocenters. The first-order chi connectivity index (χ1) is 7.43. The Kier molecular flexibility index (Phi) is 4.32. The molecule has 2 atom stereocenters. The van der Waals surface area contributed by atoms with Crippen molar-refractivity contribution < 1.29 is 19.4 Å². The molecule has 0 aliphatic heterocycles. The second kappa shape index (κ2) is 5.32. The molecule has 0 fully saturated rings. The number of aromatic carboxylic acids is 1. The normalized spacial score (nSPS) is 14.5. The second-order valence-corrected chi connectivity index (χ2v) is 4.87. The molecule has 88 valence electrons. The molecular formula is C11H13FO3S. The summed E-state index contributed by atoms with van der Waals surface area (Å²) in [4.78, 5) is 11.0. The standard InChI is InChI=1S/C11H13FO3S/c1-6(13)7(2)16-10-8(11(14)15)4-3-5-9(10)12/h3-7,13H,1-2H3,(H,14,15). The van der Waals surface area contributed by atoms with Crippen LogP contribution in [0.4, 0.5) is 4.39 Å². The van der Waals surface area contributed by atoms with Crippen molar-refractivity contribution in [2.75, 3.05) is 0 Å². The Balaban J connectivity index is 3.06. The first-order valence-corrected chi connectivity index (χ1v) is 5.68. The van der Waals surface area contributed by atoms with Crippen LogP contribution >= 0.6 is 11.8 Å². The predicted molar refractivity (Wildman–Crippen MR) is 60.4 cm³/mol. The van der Waals surface area contributed by atoms with E-state index in [0.717, 1.165) is 11.8 Å². The Labute approximate surface area is 97.3 Å². The zero-order valence-corrected chi connectivity index (χ0v) is 9.79. The molecule has 0 aliphatic carbocycles. The smallest absolute Gasteiger partial charge is 0.336 e. The van der Waals surface area contributed by atoms with Gasteiger partial charge in [0.25, 0.3) is 0 Å². The van der Waals surface area contributed by atoms with E-state index in [1.807, 2.05) is 0 Å². The number of halogens is 1. The van der Waals surface area contributed by atoms with Gasteiger partial charge in [0, 0.05) is 5.25 Å². The Morgan fingerprint density at radius 2 is 2.06 bits per heavy atom. The highest BCUT2D eigenvalue weighted by Crippen LogP contribution is 2.30. The van der Waals surface area contributed by atoms with Crippen LogP contribution in [0.1, 0.15) is 24.2 Å². The molecule has 0 aromatic heterocycles. The van der Waals surface area contributed by atoms with Crippen molar-refractivity contribution in [3.05, 3.63) is 29.6 Å². The topological polar surface area (TPSA) is 57.5 Å². The largest absolute Gasteiger partial charge is 0.478 e. The highest BCUT2D eigenvalue weighted by molar-refractivity contribution is 8.00. The summed E-state index contributed by atoms with van der Waals surface area (Å²) in [5, 5.41) is 17.9. The first kappa shape index (κ1) is 13.0. The third-order valence-electron chi connectivity index (χ3n) is 2.18. The average molecular weight is 244 g/mol. The van der Waals surface area contributed by atoms with E-state index in [1.54, 1.807) is 13.8 Å². The van der Waals surface area contributed by atoms with Crippen LogP contribution in [0, 0.1) is 5.82 Å². The van der Waals surface area contributed by atoms with E-state index in [9.17, 15) is 14.3 Å². The van der Waals surface area contributed by atoms with Crippen LogP contribution in [0.2, 0.25) is 0 Å². The summed E-state index contributed by atoms with van der Waals surface area (Å²) in [6.07, 6.45) is -0.633. The molecule has 3 nitrogen and oxygen atoms in total. The molecule has 16 heavy (non-hydrogen) atoms. The SMILES string of the molecule is CC(O)C(C)Sc1c(F)cccc1C(=O)O. The Morgan fingerprint density at radius 1 is 1.44 bits per heavy atom. The molecule has 1 aromatic carbocycles. The van der Waals surface area contributed by atoms with E-state index in [-0.39, 0.29) is 15.7 Å². The maximum Gasteiger partial charge on any atom is 0.336 e. The molecule has 0 aliphatic rings. The van der Waals surface area contributed by atoms with Crippen molar-refractivity contribution in [2.24, 2.45) is 0 Å². The van der Waals surface area contributed by atoms with E-state index in [4.69, 9.17) is 5.11 Å². The summed E-state index contributed by atoms with van der Waals surface area (Å²) >= 11 is 1.03. The number of thioether (sulfide) groups is 1. The van der Waals surface area contributed by atoms with Crippen molar-refractivity contribution in [1.82, 2.24) is 0 Å². The summed E-state index contributed by atoms with van der Waals surface area (Å²) in [6.45, 7) is 3.30. The fourth-order valence-electron chi connectivity index (χ4n) is 1.08. The van der Waals surface area contributed by atoms with E-state index in [1.165, 1.54) is 18.2 Å². The zero-order valence-electron chi connectivity index (χ0n) is 8.98. The molecule has 1 rings (SSSR count). The van der Waals surface area contributed by atoms with E-state index in [0.29, 0.717) is 0 Å². The lowest BCUT2D eigenvalue weighted by Gasteiger charge is -2.15. The van der Waals surface area contributed by atoms with Gasteiger partial charge in [-0.15, -0.1) is 11.8 Å². The van der Waals surface area contributed by atoms with Crippen molar-refractivity contribution in [2.45, 2.75) is 30.1 Å². The molecule has 5 heteroatoms. The third-order valence-corrected chi connectivity index (χ3v) is 3.60. The average Bonchev–Trinajstić information content (AvgIpc) is 2.20. The molecule has 0 saturated carbocycles. The van der Waals surface area contributed by atoms with Crippen molar-refractivity contribution >= 4 is 17.7 Å². The fourth-order valence-corrected chi connectivity index (χ4v) is 2.11. The van der Waals surface area contributed by atoms with Crippen molar-refractivity contribution in [3.63, 3.8) is 0 Å². The zero-order chi connectivity index (χ0) is 12.3. The van der Waals surface area contributed by atoms with E-state index < -0.39 is 17.9 Å². The Bertz CT molecular complexity index is 393. The minimum absolute atomic E-state index is 0.0718. The van der Waals surface area contributed by atoms with Gasteiger partial charge in [-0.05, 0) is 19.1 Å². The van der Waals surface area contributed by atoms with Gasteiger partial charge in [-0.2, -0.15) is 0 Å². The molecule has 2 N–H and O–H groups in total. The Hall–Kier alpha value is -1.07. The number of hydrogen-bond acceptors (Lipinski definition) is 3. The minimum atomic E-state index is -1.17. The van der Waals surface area contributed by atoms with Crippen LogP contribution < -0.4 is 0 Å². The lowest BCUT2D eigenvalue weighted by molar-refractivity contribution is 0.0692. The van der Waals surface area contributed by atoms with Gasteiger partial charge in [0.05, 0.1) is 16.6 Å². The first-order valence-electron chi connectivity index (χ1n) is 4.80. The van der Waals surface area contributed by atoms with Gasteiger partial charge in [-0.1, -0.05) is 13.0 Å². The van der Waals surface area contributed by atoms with Crippen LogP contribution in [0.15, 0.2) is 23.1 Å². The quantitative estimate of drug-likeness (QED) is 0.798. The second-order valence-electron chi connectivity index (χ2n) is 3.49. The number of hydrogen-bond donors (Lipinski definition) is 2. The number of rotatable bonds is 4. The number of carboxylic acid groups (broad SMARTS) is 1. The summed E-state index contributed by atoms with van der Waals surface area (Å²) in [5.41, 5.74) is -0.0718. The highest BCUT2D eigenvalue weighted by Gasteiger charge is 2.19. The lowest BCUT2D eigenvalue weighted by atomic mass is 10.2. The molecular weight excluding hydrogens is 231 g/mol. The van der Waals surface area contributed by atoms with Crippen LogP contribution in [-0.4, -0.2) is 27.5 Å². The number of benzene rings is 1. The van der Waals surface area contributed by atoms with Crippen LogP contribution in [-0.2, 0) is 0 Å². The maximum absolute atomic E-state index is 13.5. The van der Waals surface area contributed by atoms with Gasteiger partial charge < -0.3 is 10.2 Å². The fraction of sp³-hybridized carbons (Fsp3) is 0.364. The predicted octanol–water partition coefficient (Wildman–Crippen LogP) is 2.39. The summed E-state index contributed by atoms with van der Waals surface area (Å²) in [5.74, 6) is -1.74. The molecule has 1 aromatic rings. The summed E-state index contributed by atoms with van der Waals surface area (Å²) in [7, 11) is 0. The maximum atomic E-state index is 13.5. The lowest BCUT2D eigenvalue weighted by Crippen LogP contribution is -2.16. The van der Waals surface area contributed by atoms with Gasteiger partial charge in [0.15, 0.2) is 0 Å². The van der Waals surface area contributed by atoms with Gasteiger partial charge in [0.1, 0.15) is 5.82 Å². The molecule has 0 spiro atoms. The molecule has 0 bridgehead atoms. The van der Waals surface area contributed by atoms with Crippen LogP contribution in [0.3, 0.4) is 0 Å². The molecule has 0 heterocycles. The van der Waals surface area contributed by atoms with E-state index >= 15 is 0 Å². The van der Waals surface area contributed by atoms with Gasteiger partial charge in [-0.25, -0.2) is 9.18 Å². The molecule has 0 radical (unpaired) electrons. The monoisotopic (exact) mass is 244 g/mol. The summed E-state index contributed by atoms with van der Waals surface area (Å²) in [6, 6.07) is 3.92.